The van der Waals surface area contributed by atoms with Crippen molar-refractivity contribution in [1.82, 2.24) is 0 Å². The number of rotatable bonds is 1. The van der Waals surface area contributed by atoms with E-state index < -0.39 is 11.4 Å². The Hall–Kier alpha value is -2.56. The minimum absolute atomic E-state index is 0.165. The zero-order chi connectivity index (χ0) is 14.4. The van der Waals surface area contributed by atoms with Crippen LogP contribution in [0.5, 0.6) is 17.2 Å². The Morgan fingerprint density at radius 1 is 1.19 bits per heavy atom. The maximum Gasteiger partial charge on any atom is 0.174 e. The summed E-state index contributed by atoms with van der Waals surface area (Å²) in [7, 11) is 1.43. The van der Waals surface area contributed by atoms with Crippen LogP contribution in [-0.4, -0.2) is 20.1 Å². The lowest BCUT2D eigenvalue weighted by atomic mass is 9.81. The fraction of sp³-hybridized carbons (Fsp3) is 0.188. The van der Waals surface area contributed by atoms with Crippen LogP contribution < -0.4 is 9.47 Å². The highest BCUT2D eigenvalue weighted by Crippen LogP contribution is 2.52. The number of hydrogen-bond donors (Lipinski definition) is 0. The molecule has 21 heavy (non-hydrogen) atoms. The van der Waals surface area contributed by atoms with Gasteiger partial charge in [0, 0.05) is 5.56 Å². The van der Waals surface area contributed by atoms with Gasteiger partial charge in [-0.15, -0.1) is 0 Å². The van der Waals surface area contributed by atoms with Gasteiger partial charge in [0.2, 0.25) is 0 Å². The van der Waals surface area contributed by atoms with Gasteiger partial charge >= 0.3 is 0 Å². The molecule has 2 heterocycles. The summed E-state index contributed by atoms with van der Waals surface area (Å²) < 4.78 is 31.0. The monoisotopic (exact) mass is 285 g/mol. The van der Waals surface area contributed by atoms with E-state index in [9.17, 15) is 4.39 Å². The highest BCUT2D eigenvalue weighted by molar-refractivity contribution is 5.65. The molecule has 1 unspecified atom stereocenters. The van der Waals surface area contributed by atoms with E-state index in [1.165, 1.54) is 13.5 Å². The van der Waals surface area contributed by atoms with E-state index >= 15 is 0 Å². The maximum absolute atomic E-state index is 14.8. The summed E-state index contributed by atoms with van der Waals surface area (Å²) in [4.78, 5) is 4.42. The van der Waals surface area contributed by atoms with Crippen LogP contribution in [0, 0.1) is 5.82 Å². The van der Waals surface area contributed by atoms with Crippen molar-refractivity contribution in [3.05, 3.63) is 53.3 Å². The molecule has 1 spiro atoms. The third-order valence-corrected chi connectivity index (χ3v) is 3.89. The van der Waals surface area contributed by atoms with Gasteiger partial charge in [-0.3, -0.25) is 0 Å². The van der Waals surface area contributed by atoms with Gasteiger partial charge in [0.05, 0.1) is 12.7 Å². The molecular weight excluding hydrogens is 273 g/mol. The van der Waals surface area contributed by atoms with Crippen molar-refractivity contribution in [2.24, 2.45) is 4.99 Å². The molecule has 1 atom stereocenters. The van der Waals surface area contributed by atoms with E-state index in [-0.39, 0.29) is 12.4 Å². The van der Waals surface area contributed by atoms with Gasteiger partial charge in [-0.25, -0.2) is 9.38 Å². The molecule has 0 saturated carbocycles. The number of benzene rings is 2. The third-order valence-electron chi connectivity index (χ3n) is 3.89. The van der Waals surface area contributed by atoms with Gasteiger partial charge in [-0.05, 0) is 18.2 Å². The molecule has 2 aromatic carbocycles. The van der Waals surface area contributed by atoms with Crippen molar-refractivity contribution in [3.63, 3.8) is 0 Å². The fourth-order valence-corrected chi connectivity index (χ4v) is 2.92. The van der Waals surface area contributed by atoms with Crippen LogP contribution in [0.3, 0.4) is 0 Å². The molecule has 0 aromatic heterocycles. The molecule has 5 heteroatoms. The van der Waals surface area contributed by atoms with Gasteiger partial charge in [0.15, 0.2) is 23.5 Å². The summed E-state index contributed by atoms with van der Waals surface area (Å²) in [5.74, 6) is 0.803. The van der Waals surface area contributed by atoms with E-state index in [0.717, 1.165) is 5.56 Å². The zero-order valence-corrected chi connectivity index (χ0v) is 11.3. The molecule has 4 rings (SSSR count). The predicted molar refractivity (Wildman–Crippen MR) is 74.7 cm³/mol. The number of aliphatic imine (C=N–C) groups is 1. The van der Waals surface area contributed by atoms with Crippen LogP contribution in [-0.2, 0) is 10.3 Å². The van der Waals surface area contributed by atoms with Crippen LogP contribution in [0.1, 0.15) is 11.1 Å². The largest absolute Gasteiger partial charge is 0.494 e. The van der Waals surface area contributed by atoms with Crippen LogP contribution in [0.2, 0.25) is 0 Å². The zero-order valence-electron chi connectivity index (χ0n) is 11.3. The van der Waals surface area contributed by atoms with Gasteiger partial charge in [-0.2, -0.15) is 0 Å². The Balaban J connectivity index is 2.05. The Morgan fingerprint density at radius 2 is 2.05 bits per heavy atom. The van der Waals surface area contributed by atoms with Gasteiger partial charge in [0.25, 0.3) is 0 Å². The first-order chi connectivity index (χ1) is 10.3. The number of nitrogens with zero attached hydrogens (tertiary/aromatic N) is 1. The second-order valence-corrected chi connectivity index (χ2v) is 4.96. The molecule has 2 aliphatic heterocycles. The highest BCUT2D eigenvalue weighted by atomic mass is 19.1. The van der Waals surface area contributed by atoms with Crippen molar-refractivity contribution in [1.29, 1.82) is 0 Å². The highest BCUT2D eigenvalue weighted by Gasteiger charge is 2.47. The lowest BCUT2D eigenvalue weighted by Crippen LogP contribution is -2.32. The standard InChI is InChI=1S/C16H12FNO3/c1-19-13-7-6-12-14(15(13)17)16(8-20-9-18-16)10-4-2-3-5-11(10)21-12/h2-7,9H,8H2,1H3. The molecule has 0 saturated heterocycles. The Bertz CT molecular complexity index is 759. The summed E-state index contributed by atoms with van der Waals surface area (Å²) in [6.45, 7) is 0.241. The van der Waals surface area contributed by atoms with Crippen molar-refractivity contribution < 1.29 is 18.6 Å². The first-order valence-corrected chi connectivity index (χ1v) is 6.56. The summed E-state index contributed by atoms with van der Waals surface area (Å²) in [6, 6.07) is 10.7. The topological polar surface area (TPSA) is 40.0 Å². The Morgan fingerprint density at radius 3 is 2.81 bits per heavy atom. The molecule has 0 aliphatic carbocycles. The van der Waals surface area contributed by atoms with Gasteiger partial charge in [-0.1, -0.05) is 18.2 Å². The summed E-state index contributed by atoms with van der Waals surface area (Å²) in [5.41, 5.74) is 0.232. The van der Waals surface area contributed by atoms with Crippen LogP contribution >= 0.6 is 0 Å². The molecule has 4 nitrogen and oxygen atoms in total. The molecule has 2 aliphatic rings. The van der Waals surface area contributed by atoms with Crippen LogP contribution in [0.25, 0.3) is 0 Å². The van der Waals surface area contributed by atoms with Gasteiger partial charge in [0.1, 0.15) is 18.1 Å². The Kier molecular flexibility index (Phi) is 2.45. The molecule has 0 amide bonds. The third kappa shape index (κ3) is 1.51. The Labute approximate surface area is 120 Å². The molecule has 0 fully saturated rings. The number of hydrogen-bond acceptors (Lipinski definition) is 4. The first-order valence-electron chi connectivity index (χ1n) is 6.56. The number of halogens is 1. The fourth-order valence-electron chi connectivity index (χ4n) is 2.92. The molecule has 2 aromatic rings. The molecular formula is C16H12FNO3. The summed E-state index contributed by atoms with van der Waals surface area (Å²) >= 11 is 0. The SMILES string of the molecule is COc1ccc2c(c1F)C1(COC=N1)c1ccccc1O2. The summed E-state index contributed by atoms with van der Waals surface area (Å²) in [5, 5.41) is 0. The number of ether oxygens (including phenoxy) is 3. The normalized spacial score (nSPS) is 21.4. The van der Waals surface area contributed by atoms with Crippen molar-refractivity contribution in [2.75, 3.05) is 13.7 Å². The molecule has 0 N–H and O–H groups in total. The van der Waals surface area contributed by atoms with Crippen molar-refractivity contribution >= 4 is 6.40 Å². The average Bonchev–Trinajstić information content (AvgIpc) is 2.98. The van der Waals surface area contributed by atoms with E-state index in [0.29, 0.717) is 17.1 Å². The quantitative estimate of drug-likeness (QED) is 0.807. The molecule has 106 valence electrons. The van der Waals surface area contributed by atoms with Crippen molar-refractivity contribution in [2.45, 2.75) is 5.54 Å². The minimum atomic E-state index is -0.914. The second kappa shape index (κ2) is 4.22. The first kappa shape index (κ1) is 12.2. The lowest BCUT2D eigenvalue weighted by molar-refractivity contribution is 0.265. The summed E-state index contributed by atoms with van der Waals surface area (Å²) in [6.07, 6.45) is 1.37. The van der Waals surface area contributed by atoms with Gasteiger partial charge < -0.3 is 14.2 Å². The van der Waals surface area contributed by atoms with Crippen molar-refractivity contribution in [3.8, 4) is 17.2 Å². The minimum Gasteiger partial charge on any atom is -0.494 e. The number of fused-ring (bicyclic) bond motifs is 4. The van der Waals surface area contributed by atoms with E-state index in [1.54, 1.807) is 12.1 Å². The van der Waals surface area contributed by atoms with Crippen LogP contribution in [0.15, 0.2) is 41.4 Å². The van der Waals surface area contributed by atoms with E-state index in [2.05, 4.69) is 4.99 Å². The number of methoxy groups -OCH3 is 1. The van der Waals surface area contributed by atoms with Crippen LogP contribution in [0.4, 0.5) is 4.39 Å². The molecule has 0 bridgehead atoms. The smallest absolute Gasteiger partial charge is 0.174 e. The molecule has 0 radical (unpaired) electrons. The predicted octanol–water partition coefficient (Wildman–Crippen LogP) is 3.24. The van der Waals surface area contributed by atoms with E-state index in [1.807, 2.05) is 24.3 Å². The average molecular weight is 285 g/mol. The van der Waals surface area contributed by atoms with E-state index in [4.69, 9.17) is 14.2 Å². The lowest BCUT2D eigenvalue weighted by Gasteiger charge is -2.33. The maximum atomic E-state index is 14.8. The second-order valence-electron chi connectivity index (χ2n) is 4.96. The number of para-hydroxylation sites is 1.